The van der Waals surface area contributed by atoms with Crippen molar-refractivity contribution in [2.75, 3.05) is 16.5 Å². The smallest absolute Gasteiger partial charge is 0.137 e. The second-order valence-corrected chi connectivity index (χ2v) is 23.8. The molecule has 0 saturated heterocycles. The number of hydrogen-bond donors (Lipinski definition) is 0. The molecule has 90 heavy (non-hydrogen) atoms. The lowest BCUT2D eigenvalue weighted by atomic mass is 9.65. The van der Waals surface area contributed by atoms with Crippen molar-refractivity contribution in [3.63, 3.8) is 0 Å². The predicted molar refractivity (Wildman–Crippen MR) is 371 cm³/mol. The molecular formula is C85H56N4O. The summed E-state index contributed by atoms with van der Waals surface area (Å²) < 4.78 is 9.45. The zero-order valence-electron chi connectivity index (χ0n) is 49.1. The number of fused-ring (bicyclic) bond motifs is 12. The number of anilines is 4. The molecule has 2 aromatic heterocycles. The van der Waals surface area contributed by atoms with Crippen molar-refractivity contribution in [3.05, 3.63) is 350 Å². The second kappa shape index (κ2) is 20.7. The van der Waals surface area contributed by atoms with Crippen LogP contribution in [0.3, 0.4) is 0 Å². The van der Waals surface area contributed by atoms with Gasteiger partial charge in [0.1, 0.15) is 24.0 Å². The van der Waals surface area contributed by atoms with Gasteiger partial charge in [-0.3, -0.25) is 4.57 Å². The molecule has 0 fully saturated rings. The molecule has 422 valence electrons. The zero-order chi connectivity index (χ0) is 59.3. The Hall–Kier alpha value is -11.8. The summed E-state index contributed by atoms with van der Waals surface area (Å²) in [6.45, 7) is 0.524. The summed E-state index contributed by atoms with van der Waals surface area (Å²) in [6.07, 6.45) is 1.86. The van der Waals surface area contributed by atoms with E-state index in [0.717, 1.165) is 118 Å². The number of rotatable bonds is 10. The monoisotopic (exact) mass is 1150 g/mol. The van der Waals surface area contributed by atoms with Gasteiger partial charge in [-0.2, -0.15) is 0 Å². The quantitative estimate of drug-likeness (QED) is 0.137. The molecule has 1 aliphatic carbocycles. The van der Waals surface area contributed by atoms with Gasteiger partial charge in [0.15, 0.2) is 0 Å². The molecule has 0 N–H and O–H groups in total. The molecule has 0 unspecified atom stereocenters. The van der Waals surface area contributed by atoms with Crippen molar-refractivity contribution >= 4 is 44.6 Å². The second-order valence-electron chi connectivity index (χ2n) is 23.8. The lowest BCUT2D eigenvalue weighted by molar-refractivity contribution is 0.482. The van der Waals surface area contributed by atoms with Crippen molar-refractivity contribution < 1.29 is 4.74 Å². The van der Waals surface area contributed by atoms with Gasteiger partial charge in [0.05, 0.1) is 39.2 Å². The van der Waals surface area contributed by atoms with Gasteiger partial charge >= 0.3 is 0 Å². The molecule has 0 bridgehead atoms. The van der Waals surface area contributed by atoms with Crippen LogP contribution in [0, 0.1) is 0 Å². The van der Waals surface area contributed by atoms with Crippen LogP contribution in [-0.2, 0) is 5.41 Å². The normalized spacial score (nSPS) is 13.1. The van der Waals surface area contributed by atoms with Gasteiger partial charge in [-0.1, -0.05) is 231 Å². The third-order valence-electron chi connectivity index (χ3n) is 18.9. The number of benzene rings is 13. The maximum absolute atomic E-state index is 7.21. The summed E-state index contributed by atoms with van der Waals surface area (Å²) in [6, 6.07) is 118. The van der Waals surface area contributed by atoms with Gasteiger partial charge in [0, 0.05) is 40.2 Å². The fourth-order valence-corrected chi connectivity index (χ4v) is 15.0. The number of hydrogen-bond acceptors (Lipinski definition) is 4. The zero-order valence-corrected chi connectivity index (χ0v) is 49.1. The van der Waals surface area contributed by atoms with Gasteiger partial charge in [-0.25, -0.2) is 4.98 Å². The van der Waals surface area contributed by atoms with Crippen LogP contribution in [0.2, 0.25) is 0 Å². The Kier molecular flexibility index (Phi) is 11.8. The van der Waals surface area contributed by atoms with E-state index in [1.165, 1.54) is 44.5 Å². The maximum atomic E-state index is 7.21. The summed E-state index contributed by atoms with van der Waals surface area (Å²) >= 11 is 0. The van der Waals surface area contributed by atoms with Crippen LogP contribution in [0.1, 0.15) is 22.3 Å². The largest absolute Gasteiger partial charge is 0.457 e. The molecule has 3 aliphatic rings. The van der Waals surface area contributed by atoms with Crippen LogP contribution >= 0.6 is 0 Å². The van der Waals surface area contributed by atoms with Crippen LogP contribution in [0.5, 0.6) is 11.5 Å². The highest BCUT2D eigenvalue weighted by molar-refractivity contribution is 6.10. The van der Waals surface area contributed by atoms with Crippen LogP contribution in [0.4, 0.5) is 22.7 Å². The first-order valence-corrected chi connectivity index (χ1v) is 30.9. The van der Waals surface area contributed by atoms with Crippen molar-refractivity contribution in [3.8, 4) is 95.2 Å². The molecule has 5 heteroatoms. The number of ether oxygens (including phenoxy) is 1. The molecule has 18 rings (SSSR count). The Morgan fingerprint density at radius 2 is 0.744 bits per heavy atom. The molecule has 0 atom stereocenters. The Morgan fingerprint density at radius 1 is 0.289 bits per heavy atom. The fraction of sp³-hybridized carbons (Fsp3) is 0.0235. The van der Waals surface area contributed by atoms with E-state index in [4.69, 9.17) is 9.72 Å². The van der Waals surface area contributed by atoms with E-state index in [9.17, 15) is 0 Å². The van der Waals surface area contributed by atoms with Crippen molar-refractivity contribution in [1.82, 2.24) is 9.55 Å². The van der Waals surface area contributed by atoms with Gasteiger partial charge < -0.3 is 14.5 Å². The van der Waals surface area contributed by atoms with Crippen molar-refractivity contribution in [2.45, 2.75) is 5.41 Å². The first kappa shape index (κ1) is 51.4. The van der Waals surface area contributed by atoms with E-state index in [1.54, 1.807) is 0 Å². The first-order valence-electron chi connectivity index (χ1n) is 30.9. The van der Waals surface area contributed by atoms with E-state index >= 15 is 0 Å². The Balaban J connectivity index is 0.882. The minimum Gasteiger partial charge on any atom is -0.457 e. The summed E-state index contributed by atoms with van der Waals surface area (Å²) in [4.78, 5) is 10.0. The molecule has 5 nitrogen and oxygen atoms in total. The highest BCUT2D eigenvalue weighted by atomic mass is 16.5. The highest BCUT2D eigenvalue weighted by Gasteiger charge is 2.54. The van der Waals surface area contributed by atoms with Crippen LogP contribution in [0.25, 0.3) is 106 Å². The predicted octanol–water partition coefficient (Wildman–Crippen LogP) is 21.9. The van der Waals surface area contributed by atoms with Gasteiger partial charge in [0.2, 0.25) is 0 Å². The van der Waals surface area contributed by atoms with E-state index in [0.29, 0.717) is 6.67 Å². The highest BCUT2D eigenvalue weighted by Crippen LogP contribution is 2.66. The van der Waals surface area contributed by atoms with E-state index < -0.39 is 5.41 Å². The number of para-hydroxylation sites is 3. The molecular weight excluding hydrogens is 1090 g/mol. The summed E-state index contributed by atoms with van der Waals surface area (Å²) in [5.74, 6) is 2.35. The number of nitrogens with zero attached hydrogens (tertiary/aromatic N) is 4. The number of pyridine rings is 1. The molecule has 2 aliphatic heterocycles. The Bertz CT molecular complexity index is 5010. The van der Waals surface area contributed by atoms with E-state index in [-0.39, 0.29) is 0 Å². The minimum absolute atomic E-state index is 0.524. The van der Waals surface area contributed by atoms with Crippen LogP contribution in [0.15, 0.2) is 328 Å². The molecule has 0 amide bonds. The van der Waals surface area contributed by atoms with Crippen molar-refractivity contribution in [2.24, 2.45) is 0 Å². The van der Waals surface area contributed by atoms with Gasteiger partial charge in [-0.15, -0.1) is 0 Å². The molecule has 0 saturated carbocycles. The Labute approximate surface area is 522 Å². The fourth-order valence-electron chi connectivity index (χ4n) is 15.0. The molecule has 4 heterocycles. The number of aromatic nitrogens is 2. The standard InChI is InChI=1S/C85H56N4O/c1-5-23-56(24-6-1)60-47-61(57-25-7-2-8-26-57)50-64(49-60)68-34-21-35-69(65-51-62(58-27-9-3-10-28-58)48-63(52-65)59-29-11-4-12-30-59)83(68)87-55-88-81-54-67(90-66-42-44-73-72-33-15-18-39-78(72)89(80(73)53-66)82-41-19-20-46-86-82)43-45-76(81)85(77-38-22-40-79(87)84(77)88)74-36-16-13-31-70(74)71-32-14-17-37-75(71)85/h1-54H,55H2. The van der Waals surface area contributed by atoms with Crippen LogP contribution < -0.4 is 14.5 Å². The van der Waals surface area contributed by atoms with Crippen molar-refractivity contribution in [1.29, 1.82) is 0 Å². The first-order chi connectivity index (χ1) is 44.6. The third-order valence-corrected chi connectivity index (χ3v) is 18.9. The molecule has 15 aromatic rings. The average Bonchev–Trinajstić information content (AvgIpc) is 1.47. The summed E-state index contributed by atoms with van der Waals surface area (Å²) in [5.41, 5.74) is 27.3. The average molecular weight is 1150 g/mol. The molecule has 13 aromatic carbocycles. The van der Waals surface area contributed by atoms with Crippen LogP contribution in [-0.4, -0.2) is 16.2 Å². The third kappa shape index (κ3) is 8.06. The lowest BCUT2D eigenvalue weighted by Crippen LogP contribution is -2.37. The van der Waals surface area contributed by atoms with Gasteiger partial charge in [0.25, 0.3) is 0 Å². The van der Waals surface area contributed by atoms with E-state index in [1.807, 2.05) is 18.3 Å². The van der Waals surface area contributed by atoms with Gasteiger partial charge in [-0.05, 0) is 168 Å². The SMILES string of the molecule is c1ccc(-c2cc(-c3ccccc3)cc(-c3cccc(-c4cc(-c5ccccc5)cc(-c5ccccc5)c4)c3N3CN4c5cc(Oc6ccc7c8ccccc8n(-c8ccccn8)c7c6)ccc5C5(c6ccccc6-c6ccccc65)c5cccc3c54)c2)cc1. The minimum atomic E-state index is -0.660. The molecule has 1 spiro atoms. The summed E-state index contributed by atoms with van der Waals surface area (Å²) in [5, 5.41) is 2.31. The maximum Gasteiger partial charge on any atom is 0.137 e. The molecule has 0 radical (unpaired) electrons. The Morgan fingerprint density at radius 3 is 1.32 bits per heavy atom. The van der Waals surface area contributed by atoms with E-state index in [2.05, 4.69) is 324 Å². The lowest BCUT2D eigenvalue weighted by Gasteiger charge is -2.43. The summed E-state index contributed by atoms with van der Waals surface area (Å²) in [7, 11) is 0. The topological polar surface area (TPSA) is 33.5 Å².